The van der Waals surface area contributed by atoms with E-state index in [-0.39, 0.29) is 18.0 Å². The SMILES string of the molecule is C=C(C(=O)N=COOCc1ccc(F)cc1)c1ccc(C)c(C)c1. The minimum absolute atomic E-state index is 0.110. The van der Waals surface area contributed by atoms with Crippen LogP contribution in [0.3, 0.4) is 0 Å². The van der Waals surface area contributed by atoms with Crippen molar-refractivity contribution in [2.45, 2.75) is 20.5 Å². The van der Waals surface area contributed by atoms with Crippen LogP contribution in [0.4, 0.5) is 4.39 Å². The van der Waals surface area contributed by atoms with E-state index in [0.29, 0.717) is 5.56 Å². The molecule has 0 atom stereocenters. The van der Waals surface area contributed by atoms with E-state index in [1.54, 1.807) is 12.1 Å². The van der Waals surface area contributed by atoms with Crippen LogP contribution in [0.15, 0.2) is 54.0 Å². The molecule has 0 bridgehead atoms. The van der Waals surface area contributed by atoms with E-state index in [4.69, 9.17) is 9.78 Å². The molecule has 2 aromatic carbocycles. The van der Waals surface area contributed by atoms with Crippen LogP contribution in [0.2, 0.25) is 0 Å². The van der Waals surface area contributed by atoms with Crippen molar-refractivity contribution in [1.29, 1.82) is 0 Å². The van der Waals surface area contributed by atoms with Gasteiger partial charge in [-0.15, -0.1) is 0 Å². The van der Waals surface area contributed by atoms with Gasteiger partial charge >= 0.3 is 0 Å². The Kier molecular flexibility index (Phi) is 5.98. The van der Waals surface area contributed by atoms with Crippen LogP contribution in [0.25, 0.3) is 5.57 Å². The van der Waals surface area contributed by atoms with Gasteiger partial charge in [0, 0.05) is 5.57 Å². The molecule has 2 rings (SSSR count). The lowest BCUT2D eigenvalue weighted by Crippen LogP contribution is -2.00. The van der Waals surface area contributed by atoms with E-state index < -0.39 is 5.91 Å². The zero-order valence-corrected chi connectivity index (χ0v) is 13.6. The number of nitrogens with zero attached hydrogens (tertiary/aromatic N) is 1. The van der Waals surface area contributed by atoms with E-state index in [0.717, 1.165) is 23.1 Å². The number of aryl methyl sites for hydroxylation is 2. The first-order chi connectivity index (χ1) is 11.5. The minimum atomic E-state index is -0.511. The second-order valence-electron chi connectivity index (χ2n) is 5.30. The molecule has 0 saturated carbocycles. The van der Waals surface area contributed by atoms with E-state index >= 15 is 0 Å². The summed E-state index contributed by atoms with van der Waals surface area (Å²) in [6, 6.07) is 11.4. The maximum Gasteiger partial charge on any atom is 0.279 e. The number of carbonyl (C=O) groups excluding carboxylic acids is 1. The zero-order chi connectivity index (χ0) is 17.5. The first kappa shape index (κ1) is 17.6. The fourth-order valence-electron chi connectivity index (χ4n) is 1.91. The van der Waals surface area contributed by atoms with E-state index in [2.05, 4.69) is 11.6 Å². The molecule has 0 saturated heterocycles. The molecule has 0 aliphatic carbocycles. The first-order valence-corrected chi connectivity index (χ1v) is 7.33. The molecule has 2 aromatic rings. The number of benzene rings is 2. The van der Waals surface area contributed by atoms with Crippen LogP contribution in [-0.2, 0) is 21.2 Å². The molecule has 0 aliphatic heterocycles. The lowest BCUT2D eigenvalue weighted by atomic mass is 10.0. The number of amides is 1. The largest absolute Gasteiger partial charge is 0.325 e. The number of aliphatic imine (C=N–C) groups is 1. The molecule has 0 aliphatic rings. The van der Waals surface area contributed by atoms with Gasteiger partial charge in [0.05, 0.1) is 0 Å². The van der Waals surface area contributed by atoms with Gasteiger partial charge in [0.1, 0.15) is 12.4 Å². The van der Waals surface area contributed by atoms with Crippen molar-refractivity contribution in [3.8, 4) is 0 Å². The van der Waals surface area contributed by atoms with Crippen molar-refractivity contribution in [1.82, 2.24) is 0 Å². The lowest BCUT2D eigenvalue weighted by molar-refractivity contribution is -0.227. The van der Waals surface area contributed by atoms with Crippen molar-refractivity contribution in [3.63, 3.8) is 0 Å². The maximum atomic E-state index is 12.7. The molecule has 0 spiro atoms. The van der Waals surface area contributed by atoms with Gasteiger partial charge in [-0.05, 0) is 48.2 Å². The normalized spacial score (nSPS) is 10.8. The van der Waals surface area contributed by atoms with Gasteiger partial charge < -0.3 is 4.89 Å². The van der Waals surface area contributed by atoms with Crippen LogP contribution >= 0.6 is 0 Å². The Morgan fingerprint density at radius 1 is 1.17 bits per heavy atom. The maximum absolute atomic E-state index is 12.7. The highest BCUT2D eigenvalue weighted by atomic mass is 19.1. The van der Waals surface area contributed by atoms with Gasteiger partial charge in [-0.3, -0.25) is 4.79 Å². The third kappa shape index (κ3) is 4.86. The van der Waals surface area contributed by atoms with Crippen molar-refractivity contribution >= 4 is 17.9 Å². The Hall–Kier alpha value is -2.79. The number of carbonyl (C=O) groups is 1. The Morgan fingerprint density at radius 3 is 2.54 bits per heavy atom. The molecular formula is C19H18FNO3. The van der Waals surface area contributed by atoms with Crippen LogP contribution in [0.5, 0.6) is 0 Å². The second kappa shape index (κ2) is 8.17. The van der Waals surface area contributed by atoms with Gasteiger partial charge in [-0.1, -0.05) is 36.9 Å². The predicted octanol–water partition coefficient (Wildman–Crippen LogP) is 4.16. The molecule has 0 unspecified atom stereocenters. The van der Waals surface area contributed by atoms with Crippen LogP contribution in [0.1, 0.15) is 22.3 Å². The van der Waals surface area contributed by atoms with Crippen LogP contribution in [0, 0.1) is 19.7 Å². The monoisotopic (exact) mass is 327 g/mol. The summed E-state index contributed by atoms with van der Waals surface area (Å²) in [5.41, 5.74) is 3.93. The Bertz CT molecular complexity index is 767. The summed E-state index contributed by atoms with van der Waals surface area (Å²) in [4.78, 5) is 25.2. The van der Waals surface area contributed by atoms with Crippen molar-refractivity contribution in [2.75, 3.05) is 0 Å². The average molecular weight is 327 g/mol. The Morgan fingerprint density at radius 2 is 1.88 bits per heavy atom. The smallest absolute Gasteiger partial charge is 0.279 e. The molecule has 24 heavy (non-hydrogen) atoms. The summed E-state index contributed by atoms with van der Waals surface area (Å²) in [7, 11) is 0. The Balaban J connectivity index is 1.82. The Labute approximate surface area is 140 Å². The molecule has 0 radical (unpaired) electrons. The molecule has 124 valence electrons. The average Bonchev–Trinajstić information content (AvgIpc) is 2.58. The topological polar surface area (TPSA) is 47.9 Å². The number of hydrogen-bond donors (Lipinski definition) is 0. The van der Waals surface area contributed by atoms with Crippen molar-refractivity contribution in [3.05, 3.63) is 77.1 Å². The summed E-state index contributed by atoms with van der Waals surface area (Å²) in [5, 5.41) is 0. The standard InChI is InChI=1S/C19H18FNO3/c1-13-4-7-17(10-14(13)2)15(3)19(22)21-12-24-23-11-16-5-8-18(20)9-6-16/h4-10,12H,3,11H2,1-2H3. The number of hydrogen-bond acceptors (Lipinski definition) is 3. The second-order valence-corrected chi connectivity index (χ2v) is 5.30. The van der Waals surface area contributed by atoms with Gasteiger partial charge in [0.15, 0.2) is 0 Å². The molecule has 5 heteroatoms. The van der Waals surface area contributed by atoms with Crippen molar-refractivity contribution < 1.29 is 19.0 Å². The van der Waals surface area contributed by atoms with Crippen LogP contribution < -0.4 is 0 Å². The molecule has 0 aromatic heterocycles. The number of halogens is 1. The van der Waals surface area contributed by atoms with E-state index in [1.165, 1.54) is 12.1 Å². The van der Waals surface area contributed by atoms with E-state index in [9.17, 15) is 9.18 Å². The van der Waals surface area contributed by atoms with Gasteiger partial charge in [-0.25, -0.2) is 4.39 Å². The highest BCUT2D eigenvalue weighted by molar-refractivity contribution is 6.20. The van der Waals surface area contributed by atoms with Crippen molar-refractivity contribution in [2.24, 2.45) is 4.99 Å². The molecule has 1 amide bonds. The summed E-state index contributed by atoms with van der Waals surface area (Å²) < 4.78 is 12.7. The van der Waals surface area contributed by atoms with E-state index in [1.807, 2.05) is 32.0 Å². The van der Waals surface area contributed by atoms with Gasteiger partial charge in [0.25, 0.3) is 5.91 Å². The predicted molar refractivity (Wildman–Crippen MR) is 90.7 cm³/mol. The molecule has 0 N–H and O–H groups in total. The van der Waals surface area contributed by atoms with Gasteiger partial charge in [-0.2, -0.15) is 9.88 Å². The zero-order valence-electron chi connectivity index (χ0n) is 13.6. The van der Waals surface area contributed by atoms with Crippen LogP contribution in [-0.4, -0.2) is 12.3 Å². The quantitative estimate of drug-likeness (QED) is 0.200. The summed E-state index contributed by atoms with van der Waals surface area (Å²) >= 11 is 0. The number of rotatable bonds is 6. The third-order valence-electron chi connectivity index (χ3n) is 3.53. The third-order valence-corrected chi connectivity index (χ3v) is 3.53. The molecular weight excluding hydrogens is 309 g/mol. The summed E-state index contributed by atoms with van der Waals surface area (Å²) in [6.45, 7) is 7.82. The summed E-state index contributed by atoms with van der Waals surface area (Å²) in [6.07, 6.45) is 0.915. The molecule has 0 heterocycles. The summed E-state index contributed by atoms with van der Waals surface area (Å²) in [5.74, 6) is -0.833. The minimum Gasteiger partial charge on any atom is -0.325 e. The van der Waals surface area contributed by atoms with Gasteiger partial charge in [0.2, 0.25) is 6.40 Å². The first-order valence-electron chi connectivity index (χ1n) is 7.33. The lowest BCUT2D eigenvalue weighted by Gasteiger charge is -2.05. The molecule has 4 nitrogen and oxygen atoms in total. The highest BCUT2D eigenvalue weighted by Crippen LogP contribution is 2.17. The fraction of sp³-hybridized carbons (Fsp3) is 0.158. The fourth-order valence-corrected chi connectivity index (χ4v) is 1.91. The molecule has 0 fully saturated rings. The highest BCUT2D eigenvalue weighted by Gasteiger charge is 2.08.